The summed E-state index contributed by atoms with van der Waals surface area (Å²) in [7, 11) is 0. The first kappa shape index (κ1) is 12.4. The van der Waals surface area contributed by atoms with Gasteiger partial charge in [0.1, 0.15) is 5.82 Å². The minimum Gasteiger partial charge on any atom is -0.397 e. The van der Waals surface area contributed by atoms with Gasteiger partial charge < -0.3 is 11.1 Å². The van der Waals surface area contributed by atoms with Gasteiger partial charge in [-0.3, -0.25) is 0 Å². The molecule has 1 aromatic heterocycles. The summed E-state index contributed by atoms with van der Waals surface area (Å²) < 4.78 is 0. The number of anilines is 2. The Labute approximate surface area is 108 Å². The summed E-state index contributed by atoms with van der Waals surface area (Å²) in [5.74, 6) is 0.868. The smallest absolute Gasteiger partial charge is 0.126 e. The zero-order valence-corrected chi connectivity index (χ0v) is 10.9. The summed E-state index contributed by atoms with van der Waals surface area (Å²) in [6, 6.07) is 12.3. The first-order valence-electron chi connectivity index (χ1n) is 6.24. The molecule has 1 aromatic carbocycles. The van der Waals surface area contributed by atoms with Crippen LogP contribution in [0.2, 0.25) is 0 Å². The van der Waals surface area contributed by atoms with Crippen LogP contribution in [-0.4, -0.2) is 4.98 Å². The normalized spacial score (nSPS) is 10.3. The minimum atomic E-state index is 0.731. The van der Waals surface area contributed by atoms with Crippen LogP contribution in [0.1, 0.15) is 23.7 Å². The van der Waals surface area contributed by atoms with Gasteiger partial charge in [0, 0.05) is 6.54 Å². The van der Waals surface area contributed by atoms with Crippen LogP contribution in [-0.2, 0) is 13.0 Å². The molecule has 1 heterocycles. The van der Waals surface area contributed by atoms with E-state index in [-0.39, 0.29) is 0 Å². The lowest BCUT2D eigenvalue weighted by molar-refractivity contribution is 1.03. The standard InChI is InChI=1S/C15H19N3/c1-3-12-6-4-5-7-13(12)10-17-15-9-8-14(16)11(2)18-15/h4-9H,3,10,16H2,1-2H3,(H,17,18). The van der Waals surface area contributed by atoms with Crippen molar-refractivity contribution in [1.82, 2.24) is 4.98 Å². The molecule has 0 saturated carbocycles. The van der Waals surface area contributed by atoms with Crippen molar-refractivity contribution in [1.29, 1.82) is 0 Å². The molecule has 0 unspecified atom stereocenters. The van der Waals surface area contributed by atoms with Crippen LogP contribution in [0.4, 0.5) is 11.5 Å². The van der Waals surface area contributed by atoms with Gasteiger partial charge in [0.25, 0.3) is 0 Å². The van der Waals surface area contributed by atoms with Crippen LogP contribution in [0.3, 0.4) is 0 Å². The van der Waals surface area contributed by atoms with Crippen LogP contribution in [0.5, 0.6) is 0 Å². The van der Waals surface area contributed by atoms with E-state index in [1.165, 1.54) is 11.1 Å². The Kier molecular flexibility index (Phi) is 3.82. The van der Waals surface area contributed by atoms with Crippen molar-refractivity contribution < 1.29 is 0 Å². The molecule has 94 valence electrons. The Morgan fingerprint density at radius 2 is 1.83 bits per heavy atom. The Morgan fingerprint density at radius 1 is 1.11 bits per heavy atom. The largest absolute Gasteiger partial charge is 0.397 e. The number of benzene rings is 1. The fraction of sp³-hybridized carbons (Fsp3) is 0.267. The van der Waals surface area contributed by atoms with Crippen LogP contribution in [0.25, 0.3) is 0 Å². The molecule has 0 radical (unpaired) electrons. The lowest BCUT2D eigenvalue weighted by Gasteiger charge is -2.10. The number of hydrogen-bond donors (Lipinski definition) is 2. The quantitative estimate of drug-likeness (QED) is 0.864. The van der Waals surface area contributed by atoms with E-state index < -0.39 is 0 Å². The third-order valence-electron chi connectivity index (χ3n) is 3.09. The number of aryl methyl sites for hydroxylation is 2. The Balaban J connectivity index is 2.09. The van der Waals surface area contributed by atoms with Crippen molar-refractivity contribution in [3.8, 4) is 0 Å². The van der Waals surface area contributed by atoms with Crippen LogP contribution in [0, 0.1) is 6.92 Å². The van der Waals surface area contributed by atoms with Gasteiger partial charge in [-0.2, -0.15) is 0 Å². The second-order valence-corrected chi connectivity index (χ2v) is 4.35. The summed E-state index contributed by atoms with van der Waals surface area (Å²) >= 11 is 0. The predicted octanol–water partition coefficient (Wildman–Crippen LogP) is 3.15. The van der Waals surface area contributed by atoms with Gasteiger partial charge in [-0.1, -0.05) is 31.2 Å². The van der Waals surface area contributed by atoms with Gasteiger partial charge >= 0.3 is 0 Å². The van der Waals surface area contributed by atoms with Crippen LogP contribution >= 0.6 is 0 Å². The summed E-state index contributed by atoms with van der Waals surface area (Å²) in [6.07, 6.45) is 1.05. The number of hydrogen-bond acceptors (Lipinski definition) is 3. The van der Waals surface area contributed by atoms with Crippen molar-refractivity contribution in [3.63, 3.8) is 0 Å². The van der Waals surface area contributed by atoms with E-state index in [1.54, 1.807) is 0 Å². The molecule has 0 atom stereocenters. The first-order chi connectivity index (χ1) is 8.70. The number of rotatable bonds is 4. The zero-order valence-electron chi connectivity index (χ0n) is 10.9. The molecule has 0 aliphatic heterocycles. The van der Waals surface area contributed by atoms with E-state index in [2.05, 4.69) is 41.5 Å². The van der Waals surface area contributed by atoms with Gasteiger partial charge in [0.05, 0.1) is 11.4 Å². The molecule has 0 aliphatic rings. The van der Waals surface area contributed by atoms with E-state index in [0.29, 0.717) is 0 Å². The lowest BCUT2D eigenvalue weighted by atomic mass is 10.1. The molecule has 0 amide bonds. The number of aromatic nitrogens is 1. The molecule has 2 rings (SSSR count). The lowest BCUT2D eigenvalue weighted by Crippen LogP contribution is -2.05. The minimum absolute atomic E-state index is 0.731. The predicted molar refractivity (Wildman–Crippen MR) is 76.5 cm³/mol. The van der Waals surface area contributed by atoms with Gasteiger partial charge in [-0.05, 0) is 36.6 Å². The highest BCUT2D eigenvalue weighted by atomic mass is 15.0. The Hall–Kier alpha value is -2.03. The maximum atomic E-state index is 5.75. The van der Waals surface area contributed by atoms with Crippen molar-refractivity contribution in [3.05, 3.63) is 53.2 Å². The van der Waals surface area contributed by atoms with E-state index in [9.17, 15) is 0 Å². The summed E-state index contributed by atoms with van der Waals surface area (Å²) in [6.45, 7) is 4.88. The molecule has 0 bridgehead atoms. The van der Waals surface area contributed by atoms with Gasteiger partial charge in [0.2, 0.25) is 0 Å². The van der Waals surface area contributed by atoms with E-state index in [1.807, 2.05) is 19.1 Å². The summed E-state index contributed by atoms with van der Waals surface area (Å²) in [4.78, 5) is 4.41. The summed E-state index contributed by atoms with van der Waals surface area (Å²) in [5, 5.41) is 3.34. The second kappa shape index (κ2) is 5.54. The van der Waals surface area contributed by atoms with E-state index >= 15 is 0 Å². The molecular weight excluding hydrogens is 222 g/mol. The number of nitrogens with zero attached hydrogens (tertiary/aromatic N) is 1. The highest BCUT2D eigenvalue weighted by molar-refractivity contribution is 5.49. The zero-order chi connectivity index (χ0) is 13.0. The maximum absolute atomic E-state index is 5.75. The molecule has 3 N–H and O–H groups in total. The van der Waals surface area contributed by atoms with Crippen molar-refractivity contribution in [2.75, 3.05) is 11.1 Å². The molecule has 18 heavy (non-hydrogen) atoms. The topological polar surface area (TPSA) is 50.9 Å². The third kappa shape index (κ3) is 2.80. The van der Waals surface area contributed by atoms with Gasteiger partial charge in [-0.25, -0.2) is 4.98 Å². The van der Waals surface area contributed by atoms with Gasteiger partial charge in [-0.15, -0.1) is 0 Å². The second-order valence-electron chi connectivity index (χ2n) is 4.35. The maximum Gasteiger partial charge on any atom is 0.126 e. The molecule has 0 aliphatic carbocycles. The van der Waals surface area contributed by atoms with Crippen LogP contribution in [0.15, 0.2) is 36.4 Å². The SMILES string of the molecule is CCc1ccccc1CNc1ccc(N)c(C)n1. The molecule has 2 aromatic rings. The van der Waals surface area contributed by atoms with Crippen molar-refractivity contribution in [2.24, 2.45) is 0 Å². The highest BCUT2D eigenvalue weighted by Crippen LogP contribution is 2.14. The fourth-order valence-electron chi connectivity index (χ4n) is 1.93. The van der Waals surface area contributed by atoms with Gasteiger partial charge in [0.15, 0.2) is 0 Å². The average Bonchev–Trinajstić information content (AvgIpc) is 2.40. The van der Waals surface area contributed by atoms with E-state index in [4.69, 9.17) is 5.73 Å². The molecular formula is C15H19N3. The Morgan fingerprint density at radius 3 is 2.50 bits per heavy atom. The van der Waals surface area contributed by atoms with Crippen molar-refractivity contribution in [2.45, 2.75) is 26.8 Å². The number of pyridine rings is 1. The fourth-order valence-corrected chi connectivity index (χ4v) is 1.93. The number of nitrogen functional groups attached to an aromatic ring is 1. The first-order valence-corrected chi connectivity index (χ1v) is 6.24. The molecule has 0 saturated heterocycles. The monoisotopic (exact) mass is 241 g/mol. The third-order valence-corrected chi connectivity index (χ3v) is 3.09. The molecule has 0 spiro atoms. The number of nitrogens with one attached hydrogen (secondary N) is 1. The van der Waals surface area contributed by atoms with Crippen LogP contribution < -0.4 is 11.1 Å². The number of nitrogens with two attached hydrogens (primary N) is 1. The summed E-state index contributed by atoms with van der Waals surface area (Å²) in [5.41, 5.74) is 10.0. The van der Waals surface area contributed by atoms with E-state index in [0.717, 1.165) is 30.2 Å². The average molecular weight is 241 g/mol. The Bertz CT molecular complexity index is 535. The molecule has 0 fully saturated rings. The molecule has 3 heteroatoms. The highest BCUT2D eigenvalue weighted by Gasteiger charge is 2.01. The van der Waals surface area contributed by atoms with Crippen molar-refractivity contribution >= 4 is 11.5 Å². The molecule has 3 nitrogen and oxygen atoms in total.